The van der Waals surface area contributed by atoms with Crippen molar-refractivity contribution in [2.24, 2.45) is 0 Å². The third kappa shape index (κ3) is 2.74. The summed E-state index contributed by atoms with van der Waals surface area (Å²) in [6.45, 7) is 2.16. The van der Waals surface area contributed by atoms with E-state index in [4.69, 9.17) is 4.74 Å². The van der Waals surface area contributed by atoms with E-state index in [1.165, 1.54) is 0 Å². The Labute approximate surface area is 99.3 Å². The van der Waals surface area contributed by atoms with Gasteiger partial charge in [-0.1, -0.05) is 0 Å². The Hall–Kier alpha value is -0.750. The van der Waals surface area contributed by atoms with Crippen LogP contribution in [0.2, 0.25) is 0 Å². The van der Waals surface area contributed by atoms with Crippen LogP contribution < -0.4 is 5.32 Å². The van der Waals surface area contributed by atoms with E-state index in [-0.39, 0.29) is 0 Å². The van der Waals surface area contributed by atoms with E-state index >= 15 is 0 Å². The summed E-state index contributed by atoms with van der Waals surface area (Å²) in [4.78, 5) is 13.0. The van der Waals surface area contributed by atoms with Gasteiger partial charge in [-0.3, -0.25) is 4.90 Å². The highest BCUT2D eigenvalue weighted by atomic mass is 19.3. The van der Waals surface area contributed by atoms with Crippen molar-refractivity contribution < 1.29 is 18.3 Å². The van der Waals surface area contributed by atoms with Crippen LogP contribution >= 0.6 is 0 Å². The number of cyclic esters (lactones) is 1. The lowest BCUT2D eigenvalue weighted by Crippen LogP contribution is -2.41. The van der Waals surface area contributed by atoms with E-state index in [0.717, 1.165) is 25.9 Å². The lowest BCUT2D eigenvalue weighted by atomic mass is 10.1. The first kappa shape index (κ1) is 12.7. The summed E-state index contributed by atoms with van der Waals surface area (Å²) in [6.07, 6.45) is 1.01. The number of ether oxygens (including phenoxy) is 1. The smallest absolute Gasteiger partial charge is 0.377 e. The predicted molar refractivity (Wildman–Crippen MR) is 58.0 cm³/mol. The maximum atomic E-state index is 13.0. The molecule has 2 atom stereocenters. The quantitative estimate of drug-likeness (QED) is 0.741. The van der Waals surface area contributed by atoms with Crippen LogP contribution in [0.3, 0.4) is 0 Å². The second kappa shape index (κ2) is 4.86. The van der Waals surface area contributed by atoms with E-state index in [1.807, 2.05) is 7.05 Å². The molecule has 0 radical (unpaired) electrons. The van der Waals surface area contributed by atoms with Crippen LogP contribution in [0.5, 0.6) is 0 Å². The molecule has 0 aliphatic carbocycles. The fourth-order valence-electron chi connectivity index (χ4n) is 2.61. The summed E-state index contributed by atoms with van der Waals surface area (Å²) in [7, 11) is 1.88. The molecule has 2 aliphatic heterocycles. The molecule has 2 heterocycles. The molecule has 98 valence electrons. The number of rotatable bonds is 4. The minimum Gasteiger partial charge on any atom is -0.456 e. The largest absolute Gasteiger partial charge is 0.456 e. The monoisotopic (exact) mass is 248 g/mol. The first-order valence-corrected chi connectivity index (χ1v) is 6.00. The molecule has 0 saturated carbocycles. The van der Waals surface area contributed by atoms with Crippen LogP contribution in [-0.2, 0) is 9.53 Å². The molecular weight excluding hydrogens is 230 g/mol. The lowest BCUT2D eigenvalue weighted by molar-refractivity contribution is -0.159. The molecule has 0 amide bonds. The van der Waals surface area contributed by atoms with Crippen molar-refractivity contribution in [2.75, 3.05) is 26.7 Å². The number of alkyl halides is 2. The normalized spacial score (nSPS) is 33.0. The summed E-state index contributed by atoms with van der Waals surface area (Å²) >= 11 is 0. The van der Waals surface area contributed by atoms with Gasteiger partial charge in [0.25, 0.3) is 0 Å². The molecule has 0 bridgehead atoms. The van der Waals surface area contributed by atoms with Gasteiger partial charge in [-0.25, -0.2) is 4.79 Å². The molecule has 1 N–H and O–H groups in total. The van der Waals surface area contributed by atoms with Crippen molar-refractivity contribution in [1.29, 1.82) is 0 Å². The summed E-state index contributed by atoms with van der Waals surface area (Å²) in [5.41, 5.74) is 0. The molecule has 2 saturated heterocycles. The zero-order chi connectivity index (χ0) is 12.5. The molecule has 2 aliphatic rings. The Bertz CT molecular complexity index is 299. The maximum Gasteiger partial charge on any atom is 0.377 e. The van der Waals surface area contributed by atoms with Crippen LogP contribution in [-0.4, -0.2) is 55.6 Å². The zero-order valence-corrected chi connectivity index (χ0v) is 9.92. The molecule has 6 heteroatoms. The average Bonchev–Trinajstić information content (AvgIpc) is 2.75. The number of nitrogens with zero attached hydrogens (tertiary/aromatic N) is 1. The van der Waals surface area contributed by atoms with Crippen LogP contribution in [0.1, 0.15) is 19.3 Å². The summed E-state index contributed by atoms with van der Waals surface area (Å²) < 4.78 is 30.7. The van der Waals surface area contributed by atoms with Gasteiger partial charge >= 0.3 is 11.9 Å². The topological polar surface area (TPSA) is 41.6 Å². The van der Waals surface area contributed by atoms with Crippen LogP contribution in [0.15, 0.2) is 0 Å². The zero-order valence-electron chi connectivity index (χ0n) is 9.92. The van der Waals surface area contributed by atoms with Crippen LogP contribution in [0.4, 0.5) is 8.78 Å². The summed E-state index contributed by atoms with van der Waals surface area (Å²) in [5.74, 6) is -4.66. The first-order chi connectivity index (χ1) is 8.03. The van der Waals surface area contributed by atoms with Gasteiger partial charge in [-0.15, -0.1) is 0 Å². The minimum atomic E-state index is -3.29. The average molecular weight is 248 g/mol. The Morgan fingerprint density at radius 1 is 1.59 bits per heavy atom. The van der Waals surface area contributed by atoms with E-state index in [1.54, 1.807) is 0 Å². The third-order valence-electron chi connectivity index (χ3n) is 3.43. The van der Waals surface area contributed by atoms with Gasteiger partial charge in [0.15, 0.2) is 0 Å². The van der Waals surface area contributed by atoms with Gasteiger partial charge in [0.1, 0.15) is 6.10 Å². The van der Waals surface area contributed by atoms with Crippen LogP contribution in [0, 0.1) is 0 Å². The third-order valence-corrected chi connectivity index (χ3v) is 3.43. The van der Waals surface area contributed by atoms with Crippen molar-refractivity contribution in [3.63, 3.8) is 0 Å². The van der Waals surface area contributed by atoms with Crippen molar-refractivity contribution in [2.45, 2.75) is 37.3 Å². The van der Waals surface area contributed by atoms with E-state index in [0.29, 0.717) is 12.6 Å². The number of likely N-dealkylation sites (N-methyl/N-ethyl adjacent to an activating group) is 1. The van der Waals surface area contributed by atoms with E-state index in [2.05, 4.69) is 10.2 Å². The Morgan fingerprint density at radius 3 is 2.94 bits per heavy atom. The maximum absolute atomic E-state index is 13.0. The summed E-state index contributed by atoms with van der Waals surface area (Å²) in [6, 6.07) is 0.368. The molecule has 2 unspecified atom stereocenters. The molecular formula is C11H18F2N2O2. The molecule has 2 fully saturated rings. The SMILES string of the molecule is CNCC1CCCN1CC1CC(F)(F)C(=O)O1. The number of nitrogens with one attached hydrogen (secondary N) is 1. The Kier molecular flexibility index (Phi) is 3.63. The van der Waals surface area contributed by atoms with Gasteiger partial charge in [0.2, 0.25) is 0 Å². The molecule has 0 aromatic heterocycles. The van der Waals surface area contributed by atoms with Gasteiger partial charge < -0.3 is 10.1 Å². The number of hydrogen-bond donors (Lipinski definition) is 1. The Morgan fingerprint density at radius 2 is 2.35 bits per heavy atom. The number of halogens is 2. The van der Waals surface area contributed by atoms with Gasteiger partial charge in [-0.2, -0.15) is 8.78 Å². The number of hydrogen-bond acceptors (Lipinski definition) is 4. The standard InChI is InChI=1S/C11H18F2N2O2/c1-14-6-8-3-2-4-15(8)7-9-5-11(12,13)10(16)17-9/h8-9,14H,2-7H2,1H3. The van der Waals surface area contributed by atoms with Crippen molar-refractivity contribution in [3.05, 3.63) is 0 Å². The Balaban J connectivity index is 1.87. The molecule has 4 nitrogen and oxygen atoms in total. The molecule has 0 aromatic carbocycles. The number of carbonyl (C=O) groups is 1. The van der Waals surface area contributed by atoms with Gasteiger partial charge in [-0.05, 0) is 26.4 Å². The second-order valence-electron chi connectivity index (χ2n) is 4.78. The highest BCUT2D eigenvalue weighted by molar-refractivity contribution is 5.79. The van der Waals surface area contributed by atoms with Crippen LogP contribution in [0.25, 0.3) is 0 Å². The fourth-order valence-corrected chi connectivity index (χ4v) is 2.61. The highest BCUT2D eigenvalue weighted by Gasteiger charge is 2.51. The van der Waals surface area contributed by atoms with Crippen molar-refractivity contribution in [1.82, 2.24) is 10.2 Å². The molecule has 0 spiro atoms. The fraction of sp³-hybridized carbons (Fsp3) is 0.909. The van der Waals surface area contributed by atoms with Gasteiger partial charge in [0.05, 0.1) is 6.42 Å². The van der Waals surface area contributed by atoms with Crippen molar-refractivity contribution in [3.8, 4) is 0 Å². The van der Waals surface area contributed by atoms with E-state index in [9.17, 15) is 13.6 Å². The first-order valence-electron chi connectivity index (χ1n) is 6.00. The number of esters is 1. The van der Waals surface area contributed by atoms with E-state index < -0.39 is 24.4 Å². The molecule has 17 heavy (non-hydrogen) atoms. The number of carbonyl (C=O) groups excluding carboxylic acids is 1. The highest BCUT2D eigenvalue weighted by Crippen LogP contribution is 2.32. The summed E-state index contributed by atoms with van der Waals surface area (Å²) in [5, 5.41) is 3.09. The number of likely N-dealkylation sites (tertiary alicyclic amines) is 1. The molecule has 2 rings (SSSR count). The predicted octanol–water partition coefficient (Wildman–Crippen LogP) is 0.621. The van der Waals surface area contributed by atoms with Gasteiger partial charge in [0, 0.05) is 19.1 Å². The molecule has 0 aromatic rings. The lowest BCUT2D eigenvalue weighted by Gasteiger charge is -2.26. The minimum absolute atomic E-state index is 0.368. The second-order valence-corrected chi connectivity index (χ2v) is 4.78. The van der Waals surface area contributed by atoms with Crippen molar-refractivity contribution >= 4 is 5.97 Å².